The Morgan fingerprint density at radius 2 is 1.88 bits per heavy atom. The quantitative estimate of drug-likeness (QED) is 0.839. The molecule has 2 fully saturated rings. The fourth-order valence-electron chi connectivity index (χ4n) is 2.75. The Bertz CT molecular complexity index is 682. The number of carbonyl (C=O) groups is 3. The number of ether oxygens (including phenoxy) is 1. The van der Waals surface area contributed by atoms with Crippen molar-refractivity contribution in [2.45, 2.75) is 6.18 Å². The van der Waals surface area contributed by atoms with Crippen molar-refractivity contribution in [3.8, 4) is 0 Å². The lowest BCUT2D eigenvalue weighted by Crippen LogP contribution is -2.54. The SMILES string of the molecule is O=C(c1ccccc1C(F)(F)F)N1CC(CN2C(=O)COC2=O)C1. The Balaban J connectivity index is 1.63. The molecule has 6 nitrogen and oxygen atoms in total. The van der Waals surface area contributed by atoms with Gasteiger partial charge in [-0.2, -0.15) is 13.2 Å². The van der Waals surface area contributed by atoms with Crippen molar-refractivity contribution in [2.24, 2.45) is 5.92 Å². The summed E-state index contributed by atoms with van der Waals surface area (Å²) in [6.45, 7) is 0.166. The molecule has 2 heterocycles. The molecule has 24 heavy (non-hydrogen) atoms. The monoisotopic (exact) mass is 342 g/mol. The van der Waals surface area contributed by atoms with Crippen molar-refractivity contribution < 1.29 is 32.3 Å². The van der Waals surface area contributed by atoms with Gasteiger partial charge in [0.1, 0.15) is 0 Å². The van der Waals surface area contributed by atoms with E-state index in [1.807, 2.05) is 0 Å². The van der Waals surface area contributed by atoms with Crippen molar-refractivity contribution in [1.82, 2.24) is 9.80 Å². The van der Waals surface area contributed by atoms with Crippen molar-refractivity contribution in [2.75, 3.05) is 26.2 Å². The number of imide groups is 1. The van der Waals surface area contributed by atoms with Crippen LogP contribution in [0, 0.1) is 5.92 Å². The number of cyclic esters (lactones) is 1. The van der Waals surface area contributed by atoms with Crippen molar-refractivity contribution >= 4 is 17.9 Å². The molecule has 0 bridgehead atoms. The highest BCUT2D eigenvalue weighted by molar-refractivity contribution is 5.98. The highest BCUT2D eigenvalue weighted by Gasteiger charge is 2.41. The van der Waals surface area contributed by atoms with Gasteiger partial charge in [-0.15, -0.1) is 0 Å². The summed E-state index contributed by atoms with van der Waals surface area (Å²) in [5.41, 5.74) is -1.38. The molecule has 0 N–H and O–H groups in total. The number of amides is 3. The largest absolute Gasteiger partial charge is 0.439 e. The molecule has 1 aromatic rings. The molecule has 0 aromatic heterocycles. The predicted octanol–water partition coefficient (Wildman–Crippen LogP) is 1.76. The van der Waals surface area contributed by atoms with E-state index in [1.54, 1.807) is 0 Å². The first-order valence-corrected chi connectivity index (χ1v) is 7.20. The summed E-state index contributed by atoms with van der Waals surface area (Å²) in [4.78, 5) is 37.2. The number of halogens is 3. The molecule has 0 atom stereocenters. The Morgan fingerprint density at radius 3 is 2.46 bits per heavy atom. The topological polar surface area (TPSA) is 66.9 Å². The average Bonchev–Trinajstić information content (AvgIpc) is 2.80. The highest BCUT2D eigenvalue weighted by Crippen LogP contribution is 2.33. The van der Waals surface area contributed by atoms with Gasteiger partial charge in [0.15, 0.2) is 6.61 Å². The van der Waals surface area contributed by atoms with Crippen LogP contribution >= 0.6 is 0 Å². The van der Waals surface area contributed by atoms with E-state index in [0.717, 1.165) is 17.0 Å². The standard InChI is InChI=1S/C15H13F3N2O4/c16-15(17,18)11-4-2-1-3-10(11)13(22)19-5-9(6-19)7-20-12(21)8-24-14(20)23/h1-4,9H,5-8H2. The van der Waals surface area contributed by atoms with Gasteiger partial charge in [0.2, 0.25) is 0 Å². The minimum atomic E-state index is -4.61. The van der Waals surface area contributed by atoms with Gasteiger partial charge in [0, 0.05) is 25.6 Å². The summed E-state index contributed by atoms with van der Waals surface area (Å²) < 4.78 is 43.5. The average molecular weight is 342 g/mol. The van der Waals surface area contributed by atoms with E-state index >= 15 is 0 Å². The van der Waals surface area contributed by atoms with E-state index in [-0.39, 0.29) is 32.2 Å². The van der Waals surface area contributed by atoms with Crippen LogP contribution in [0.1, 0.15) is 15.9 Å². The van der Waals surface area contributed by atoms with Gasteiger partial charge in [-0.3, -0.25) is 9.59 Å². The summed E-state index contributed by atoms with van der Waals surface area (Å²) in [7, 11) is 0. The molecule has 2 aliphatic heterocycles. The van der Waals surface area contributed by atoms with Crippen LogP contribution in [0.2, 0.25) is 0 Å². The molecule has 3 amide bonds. The van der Waals surface area contributed by atoms with Gasteiger partial charge in [-0.1, -0.05) is 12.1 Å². The van der Waals surface area contributed by atoms with Gasteiger partial charge in [-0.25, -0.2) is 9.69 Å². The number of carbonyl (C=O) groups excluding carboxylic acids is 3. The number of likely N-dealkylation sites (tertiary alicyclic amines) is 1. The van der Waals surface area contributed by atoms with E-state index in [9.17, 15) is 27.6 Å². The minimum Gasteiger partial charge on any atom is -0.439 e. The zero-order valence-electron chi connectivity index (χ0n) is 12.4. The van der Waals surface area contributed by atoms with Gasteiger partial charge in [-0.05, 0) is 12.1 Å². The van der Waals surface area contributed by atoms with Gasteiger partial charge in [0.05, 0.1) is 11.1 Å². The summed E-state index contributed by atoms with van der Waals surface area (Å²) in [6.07, 6.45) is -5.34. The Kier molecular flexibility index (Phi) is 3.94. The fraction of sp³-hybridized carbons (Fsp3) is 0.400. The molecule has 0 unspecified atom stereocenters. The predicted molar refractivity (Wildman–Crippen MR) is 73.9 cm³/mol. The normalized spacial score (nSPS) is 18.6. The van der Waals surface area contributed by atoms with Crippen molar-refractivity contribution in [3.05, 3.63) is 35.4 Å². The maximum atomic E-state index is 13.0. The van der Waals surface area contributed by atoms with Crippen LogP contribution in [-0.4, -0.2) is 53.9 Å². The Morgan fingerprint density at radius 1 is 1.21 bits per heavy atom. The van der Waals surface area contributed by atoms with E-state index in [0.29, 0.717) is 0 Å². The first-order chi connectivity index (χ1) is 11.3. The molecule has 1 aromatic carbocycles. The van der Waals surface area contributed by atoms with E-state index in [2.05, 4.69) is 4.74 Å². The number of alkyl halides is 3. The molecule has 128 valence electrons. The molecule has 2 aliphatic rings. The second-order valence-corrected chi connectivity index (χ2v) is 5.68. The maximum Gasteiger partial charge on any atom is 0.417 e. The zero-order valence-corrected chi connectivity index (χ0v) is 12.4. The lowest BCUT2D eigenvalue weighted by molar-refractivity contribution is -0.138. The Hall–Kier alpha value is -2.58. The molecule has 9 heteroatoms. The van der Waals surface area contributed by atoms with Crippen LogP contribution in [0.25, 0.3) is 0 Å². The van der Waals surface area contributed by atoms with Gasteiger partial charge in [0.25, 0.3) is 11.8 Å². The zero-order chi connectivity index (χ0) is 17.5. The maximum absolute atomic E-state index is 13.0. The molecular weight excluding hydrogens is 329 g/mol. The lowest BCUT2D eigenvalue weighted by Gasteiger charge is -2.40. The van der Waals surface area contributed by atoms with Crippen molar-refractivity contribution in [3.63, 3.8) is 0 Å². The van der Waals surface area contributed by atoms with Crippen LogP contribution in [-0.2, 0) is 15.7 Å². The number of rotatable bonds is 3. The molecular formula is C15H13F3N2O4. The molecule has 0 spiro atoms. The van der Waals surface area contributed by atoms with Crippen LogP contribution in [0.5, 0.6) is 0 Å². The second-order valence-electron chi connectivity index (χ2n) is 5.68. The third-order valence-corrected chi connectivity index (χ3v) is 3.99. The summed E-state index contributed by atoms with van der Waals surface area (Å²) in [5.74, 6) is -1.33. The number of benzene rings is 1. The molecule has 0 aliphatic carbocycles. The number of hydrogen-bond donors (Lipinski definition) is 0. The Labute approximate surface area is 134 Å². The van der Waals surface area contributed by atoms with Crippen molar-refractivity contribution in [1.29, 1.82) is 0 Å². The van der Waals surface area contributed by atoms with E-state index < -0.39 is 35.2 Å². The second kappa shape index (κ2) is 5.81. The molecule has 0 radical (unpaired) electrons. The van der Waals surface area contributed by atoms with Crippen LogP contribution in [0.4, 0.5) is 18.0 Å². The summed E-state index contributed by atoms with van der Waals surface area (Å²) >= 11 is 0. The van der Waals surface area contributed by atoms with Crippen LogP contribution in [0.15, 0.2) is 24.3 Å². The van der Waals surface area contributed by atoms with Crippen LogP contribution in [0.3, 0.4) is 0 Å². The molecule has 0 saturated carbocycles. The van der Waals surface area contributed by atoms with E-state index in [4.69, 9.17) is 0 Å². The first-order valence-electron chi connectivity index (χ1n) is 7.20. The molecule has 3 rings (SSSR count). The highest BCUT2D eigenvalue weighted by atomic mass is 19.4. The van der Waals surface area contributed by atoms with E-state index in [1.165, 1.54) is 17.0 Å². The molecule has 2 saturated heterocycles. The fourth-order valence-corrected chi connectivity index (χ4v) is 2.75. The summed E-state index contributed by atoms with van der Waals surface area (Å²) in [5, 5.41) is 0. The smallest absolute Gasteiger partial charge is 0.417 e. The first kappa shape index (κ1) is 16.3. The third-order valence-electron chi connectivity index (χ3n) is 3.99. The van der Waals surface area contributed by atoms with Gasteiger partial charge >= 0.3 is 12.3 Å². The van der Waals surface area contributed by atoms with Crippen LogP contribution < -0.4 is 0 Å². The summed E-state index contributed by atoms with van der Waals surface area (Å²) in [6, 6.07) is 4.60. The lowest BCUT2D eigenvalue weighted by atomic mass is 9.96. The number of nitrogens with zero attached hydrogens (tertiary/aromatic N) is 2. The van der Waals surface area contributed by atoms with Gasteiger partial charge < -0.3 is 9.64 Å². The number of hydrogen-bond acceptors (Lipinski definition) is 4. The third kappa shape index (κ3) is 2.93. The minimum absolute atomic E-state index is 0.0996.